The van der Waals surface area contributed by atoms with E-state index in [1.807, 2.05) is 37.3 Å². The van der Waals surface area contributed by atoms with Crippen molar-refractivity contribution in [3.05, 3.63) is 70.3 Å². The highest BCUT2D eigenvalue weighted by Crippen LogP contribution is 2.40. The summed E-state index contributed by atoms with van der Waals surface area (Å²) in [5.74, 6) is 1.21. The number of nitrogens with zero attached hydrogens (tertiary/aromatic N) is 2. The number of allylic oxidation sites excluding steroid dienone is 2. The van der Waals surface area contributed by atoms with Crippen molar-refractivity contribution in [3.63, 3.8) is 0 Å². The van der Waals surface area contributed by atoms with Crippen LogP contribution in [-0.2, 0) is 27.8 Å². The fourth-order valence-corrected chi connectivity index (χ4v) is 8.94. The summed E-state index contributed by atoms with van der Waals surface area (Å²) < 4.78 is 41.6. The van der Waals surface area contributed by atoms with Crippen LogP contribution in [0.3, 0.4) is 0 Å². The summed E-state index contributed by atoms with van der Waals surface area (Å²) >= 11 is 6.35. The van der Waals surface area contributed by atoms with E-state index in [2.05, 4.69) is 26.7 Å². The van der Waals surface area contributed by atoms with E-state index in [9.17, 15) is 13.2 Å². The van der Waals surface area contributed by atoms with Crippen molar-refractivity contribution < 1.29 is 22.7 Å². The number of sulfonamides is 1. The van der Waals surface area contributed by atoms with E-state index in [0.29, 0.717) is 29.8 Å². The molecule has 2 aromatic rings. The van der Waals surface area contributed by atoms with Crippen molar-refractivity contribution in [2.24, 2.45) is 23.7 Å². The fourth-order valence-electron chi connectivity index (χ4n) is 7.46. The molecule has 2 fully saturated rings. The first-order valence-corrected chi connectivity index (χ1v) is 19.4. The number of morpholine rings is 1. The minimum Gasteiger partial charge on any atom is -0.487 e. The number of fused-ring (bicyclic) bond motifs is 3. The highest BCUT2D eigenvalue weighted by molar-refractivity contribution is 7.90. The summed E-state index contributed by atoms with van der Waals surface area (Å²) in [5.41, 5.74) is 3.48. The maximum atomic E-state index is 13.6. The van der Waals surface area contributed by atoms with Crippen molar-refractivity contribution in [1.82, 2.24) is 9.62 Å². The van der Waals surface area contributed by atoms with Gasteiger partial charge in [0.25, 0.3) is 5.91 Å². The molecule has 0 radical (unpaired) electrons. The first-order valence-electron chi connectivity index (χ1n) is 17.5. The van der Waals surface area contributed by atoms with E-state index in [4.69, 9.17) is 21.1 Å². The Morgan fingerprint density at radius 1 is 0.979 bits per heavy atom. The van der Waals surface area contributed by atoms with Crippen LogP contribution < -0.4 is 14.4 Å². The van der Waals surface area contributed by atoms with E-state index >= 15 is 0 Å². The van der Waals surface area contributed by atoms with E-state index in [1.54, 1.807) is 13.0 Å². The molecule has 4 aliphatic rings. The van der Waals surface area contributed by atoms with Crippen LogP contribution in [0.15, 0.2) is 48.6 Å². The normalized spacial score (nSPS) is 29.6. The van der Waals surface area contributed by atoms with Gasteiger partial charge in [0.15, 0.2) is 0 Å². The minimum atomic E-state index is -3.91. The zero-order valence-electron chi connectivity index (χ0n) is 27.8. The number of hydrogen-bond acceptors (Lipinski definition) is 7. The van der Waals surface area contributed by atoms with Gasteiger partial charge in [-0.25, -0.2) is 13.1 Å². The highest BCUT2D eigenvalue weighted by atomic mass is 35.5. The number of hydrogen-bond donors (Lipinski definition) is 1. The summed E-state index contributed by atoms with van der Waals surface area (Å²) in [7, 11) is -3.91. The molecule has 1 amide bonds. The van der Waals surface area contributed by atoms with Gasteiger partial charge in [-0.05, 0) is 124 Å². The lowest BCUT2D eigenvalue weighted by molar-refractivity contribution is 0.0358. The van der Waals surface area contributed by atoms with Crippen LogP contribution in [0.4, 0.5) is 5.69 Å². The van der Waals surface area contributed by atoms with Gasteiger partial charge in [0.1, 0.15) is 12.4 Å². The van der Waals surface area contributed by atoms with E-state index < -0.39 is 21.2 Å². The number of halogens is 1. The molecule has 2 aromatic carbocycles. The van der Waals surface area contributed by atoms with Crippen molar-refractivity contribution in [3.8, 4) is 5.75 Å². The predicted molar refractivity (Wildman–Crippen MR) is 188 cm³/mol. The molecule has 0 aromatic heterocycles. The summed E-state index contributed by atoms with van der Waals surface area (Å²) in [6, 6.07) is 11.3. The fraction of sp³-hybridized carbons (Fsp3) is 0.595. The zero-order valence-corrected chi connectivity index (χ0v) is 29.4. The molecule has 1 saturated heterocycles. The molecule has 0 unspecified atom stereocenters. The Morgan fingerprint density at radius 2 is 1.81 bits per heavy atom. The number of rotatable bonds is 3. The largest absolute Gasteiger partial charge is 0.487 e. The number of benzene rings is 2. The highest BCUT2D eigenvalue weighted by Gasteiger charge is 2.34. The minimum absolute atomic E-state index is 0.126. The second-order valence-corrected chi connectivity index (χ2v) is 16.5. The van der Waals surface area contributed by atoms with Crippen LogP contribution in [0.5, 0.6) is 5.75 Å². The van der Waals surface area contributed by atoms with Crippen molar-refractivity contribution in [2.45, 2.75) is 70.7 Å². The molecule has 3 aliphatic heterocycles. The van der Waals surface area contributed by atoms with Gasteiger partial charge in [-0.1, -0.05) is 36.7 Å². The van der Waals surface area contributed by atoms with Gasteiger partial charge >= 0.3 is 0 Å². The number of nitrogens with one attached hydrogen (secondary N) is 1. The summed E-state index contributed by atoms with van der Waals surface area (Å²) in [5, 5.41) is 0.00943. The van der Waals surface area contributed by atoms with Crippen LogP contribution in [0.2, 0.25) is 5.02 Å². The molecule has 47 heavy (non-hydrogen) atoms. The summed E-state index contributed by atoms with van der Waals surface area (Å²) in [4.78, 5) is 18.4. The molecule has 1 aliphatic carbocycles. The Bertz CT molecular complexity index is 1540. The molecule has 3 heterocycles. The smallest absolute Gasteiger partial charge is 0.264 e. The quantitative estimate of drug-likeness (QED) is 0.371. The van der Waals surface area contributed by atoms with Crippen LogP contribution >= 0.6 is 11.6 Å². The molecule has 1 N–H and O–H groups in total. The number of ether oxygens (including phenoxy) is 2. The van der Waals surface area contributed by atoms with Crippen molar-refractivity contribution in [2.75, 3.05) is 50.8 Å². The first kappa shape index (κ1) is 34.3. The average Bonchev–Trinajstić information content (AvgIpc) is 3.08. The van der Waals surface area contributed by atoms with E-state index in [0.717, 1.165) is 107 Å². The Labute approximate surface area is 285 Å². The SMILES string of the molecule is C[C@@H]1[C@@H](C)C[C@H](CCN2CCOCC2)/C=C/[C@@H]2CC[C@H]2CN2CCCCc3cc(Cl)ccc3COc3ccc(cc32)C(=O)NS1(=O)=O. The number of anilines is 1. The third-order valence-corrected chi connectivity index (χ3v) is 13.1. The van der Waals surface area contributed by atoms with E-state index in [1.165, 1.54) is 5.56 Å². The van der Waals surface area contributed by atoms with Gasteiger partial charge in [-0.3, -0.25) is 9.69 Å². The van der Waals surface area contributed by atoms with Gasteiger partial charge in [-0.15, -0.1) is 0 Å². The third-order valence-electron chi connectivity index (χ3n) is 10.9. The van der Waals surface area contributed by atoms with Gasteiger partial charge < -0.3 is 14.4 Å². The lowest BCUT2D eigenvalue weighted by Gasteiger charge is -2.40. The molecular formula is C37H50ClN3O5S. The molecule has 10 heteroatoms. The Balaban J connectivity index is 1.31. The second kappa shape index (κ2) is 15.3. The molecule has 8 nitrogen and oxygen atoms in total. The Kier molecular flexibility index (Phi) is 11.2. The van der Waals surface area contributed by atoms with Crippen LogP contribution in [0, 0.1) is 23.7 Å². The lowest BCUT2D eigenvalue weighted by atomic mass is 9.72. The summed E-state index contributed by atoms with van der Waals surface area (Å²) in [6.45, 7) is 10.2. The van der Waals surface area contributed by atoms with Crippen molar-refractivity contribution in [1.29, 1.82) is 0 Å². The third kappa shape index (κ3) is 8.53. The maximum Gasteiger partial charge on any atom is 0.264 e. The summed E-state index contributed by atoms with van der Waals surface area (Å²) in [6.07, 6.45) is 11.8. The number of amides is 1. The number of aryl methyl sites for hydroxylation is 1. The molecule has 2 bridgehead atoms. The number of carbonyl (C=O) groups is 1. The molecule has 1 saturated carbocycles. The monoisotopic (exact) mass is 683 g/mol. The zero-order chi connectivity index (χ0) is 33.0. The van der Waals surface area contributed by atoms with Crippen LogP contribution in [-0.4, -0.2) is 70.4 Å². The second-order valence-electron chi connectivity index (χ2n) is 14.1. The predicted octanol–water partition coefficient (Wildman–Crippen LogP) is 6.47. The maximum absolute atomic E-state index is 13.6. The Hall–Kier alpha value is -2.59. The molecule has 6 rings (SSSR count). The number of carbonyl (C=O) groups excluding carboxylic acids is 1. The average molecular weight is 684 g/mol. The van der Waals surface area contributed by atoms with Gasteiger partial charge in [0, 0.05) is 36.8 Å². The first-order chi connectivity index (χ1) is 22.7. The Morgan fingerprint density at radius 3 is 2.60 bits per heavy atom. The van der Waals surface area contributed by atoms with Crippen LogP contribution in [0.25, 0.3) is 0 Å². The molecule has 0 spiro atoms. The van der Waals surface area contributed by atoms with Gasteiger partial charge in [0.2, 0.25) is 10.0 Å². The van der Waals surface area contributed by atoms with Crippen molar-refractivity contribution >= 4 is 33.2 Å². The standard InChI is InChI=1S/C37H50ClN3O5S/c1-26-21-28(14-16-40-17-19-45-20-18-40)6-7-29-8-9-32(29)24-41-15-4-3-5-30-22-34(38)12-10-33(30)25-46-36-13-11-31(23-35(36)41)37(42)39-47(43,44)27(26)2/h6-7,10-13,22-23,26-29,32H,3-5,8-9,14-21,24-25H2,1-2H3,(H,39,42)/b7-6+/t26-,27+,28-,29+,32-/m0/s1. The molecule has 5 atom stereocenters. The topological polar surface area (TPSA) is 88.2 Å². The van der Waals surface area contributed by atoms with Gasteiger partial charge in [-0.2, -0.15) is 0 Å². The van der Waals surface area contributed by atoms with E-state index in [-0.39, 0.29) is 11.8 Å². The van der Waals surface area contributed by atoms with Gasteiger partial charge in [0.05, 0.1) is 24.2 Å². The van der Waals surface area contributed by atoms with Crippen LogP contribution in [0.1, 0.15) is 73.9 Å². The lowest BCUT2D eigenvalue weighted by Crippen LogP contribution is -2.41. The molecule has 256 valence electrons. The molecular weight excluding hydrogens is 634 g/mol.